The lowest BCUT2D eigenvalue weighted by Gasteiger charge is -2.15. The molecule has 0 saturated heterocycles. The van der Waals surface area contributed by atoms with Gasteiger partial charge in [0.2, 0.25) is 0 Å². The summed E-state index contributed by atoms with van der Waals surface area (Å²) in [6.45, 7) is 4.05. The van der Waals surface area contributed by atoms with Crippen molar-refractivity contribution >= 4 is 11.9 Å². The lowest BCUT2D eigenvalue weighted by atomic mass is 10.0. The highest BCUT2D eigenvalue weighted by atomic mass is 16.6. The van der Waals surface area contributed by atoms with Crippen LogP contribution in [0.5, 0.6) is 0 Å². The van der Waals surface area contributed by atoms with Crippen LogP contribution in [-0.2, 0) is 19.1 Å². The zero-order valence-corrected chi connectivity index (χ0v) is 43.7. The largest absolute Gasteiger partial charge is 0.462 e. The molecule has 1 atom stereocenters. The monoisotopic (exact) mass is 921 g/mol. The summed E-state index contributed by atoms with van der Waals surface area (Å²) in [5.74, 6) is -0.577. The Labute approximate surface area is 410 Å². The van der Waals surface area contributed by atoms with Crippen LogP contribution in [0, 0.1) is 0 Å². The molecule has 0 amide bonds. The Morgan fingerprint density at radius 2 is 0.652 bits per heavy atom. The Balaban J connectivity index is 3.44. The second kappa shape index (κ2) is 56.7. The Morgan fingerprint density at radius 1 is 0.364 bits per heavy atom. The highest BCUT2D eigenvalue weighted by molar-refractivity contribution is 5.70. The summed E-state index contributed by atoms with van der Waals surface area (Å²) in [6.07, 6.45) is 77.4. The normalized spacial score (nSPS) is 12.7. The molecule has 0 aliphatic rings. The minimum atomic E-state index is -0.770. The van der Waals surface area contributed by atoms with Gasteiger partial charge in [0.15, 0.2) is 6.10 Å². The predicted octanol–water partition coefficient (Wildman–Crippen LogP) is 19.2. The molecular formula is C61H108O5. The van der Waals surface area contributed by atoms with E-state index in [2.05, 4.69) is 86.8 Å². The van der Waals surface area contributed by atoms with E-state index in [4.69, 9.17) is 9.47 Å². The zero-order valence-electron chi connectivity index (χ0n) is 43.7. The molecule has 66 heavy (non-hydrogen) atoms. The lowest BCUT2D eigenvalue weighted by molar-refractivity contribution is -0.161. The molecule has 0 bridgehead atoms. The average molecular weight is 922 g/mol. The first-order valence-corrected chi connectivity index (χ1v) is 28.5. The van der Waals surface area contributed by atoms with Crippen molar-refractivity contribution in [2.24, 2.45) is 0 Å². The van der Waals surface area contributed by atoms with E-state index in [1.54, 1.807) is 0 Å². The van der Waals surface area contributed by atoms with Gasteiger partial charge in [0.05, 0.1) is 6.61 Å². The summed E-state index contributed by atoms with van der Waals surface area (Å²) in [5, 5.41) is 9.63. The van der Waals surface area contributed by atoms with Crippen LogP contribution in [0.2, 0.25) is 0 Å². The summed E-state index contributed by atoms with van der Waals surface area (Å²) in [5.41, 5.74) is 0. The molecule has 5 nitrogen and oxygen atoms in total. The number of hydrogen-bond acceptors (Lipinski definition) is 5. The summed E-state index contributed by atoms with van der Waals surface area (Å²) in [7, 11) is 0. The highest BCUT2D eigenvalue weighted by Crippen LogP contribution is 2.17. The minimum absolute atomic E-state index is 0.0620. The molecule has 5 heteroatoms. The van der Waals surface area contributed by atoms with E-state index in [-0.39, 0.29) is 25.2 Å². The lowest BCUT2D eigenvalue weighted by Crippen LogP contribution is -2.28. The maximum Gasteiger partial charge on any atom is 0.306 e. The number of aliphatic hydroxyl groups excluding tert-OH is 1. The van der Waals surface area contributed by atoms with Gasteiger partial charge in [-0.15, -0.1) is 0 Å². The molecule has 0 rings (SSSR count). The van der Waals surface area contributed by atoms with E-state index in [1.807, 2.05) is 0 Å². The van der Waals surface area contributed by atoms with Gasteiger partial charge in [0.1, 0.15) is 6.61 Å². The third-order valence-electron chi connectivity index (χ3n) is 12.5. The van der Waals surface area contributed by atoms with Crippen molar-refractivity contribution in [3.8, 4) is 0 Å². The molecule has 0 aromatic rings. The predicted molar refractivity (Wildman–Crippen MR) is 288 cm³/mol. The second-order valence-corrected chi connectivity index (χ2v) is 19.0. The maximum absolute atomic E-state index is 12.3. The fourth-order valence-corrected chi connectivity index (χ4v) is 8.27. The first-order chi connectivity index (χ1) is 32.6. The van der Waals surface area contributed by atoms with Crippen LogP contribution in [0.3, 0.4) is 0 Å². The number of hydrogen-bond donors (Lipinski definition) is 1. The Hall–Kier alpha value is -2.66. The van der Waals surface area contributed by atoms with E-state index in [0.717, 1.165) is 77.0 Å². The molecule has 0 aromatic heterocycles. The average Bonchev–Trinajstić information content (AvgIpc) is 3.32. The molecule has 1 unspecified atom stereocenters. The number of ether oxygens (including phenoxy) is 2. The molecule has 0 heterocycles. The SMILES string of the molecule is CC/C=C\C/C=C\C/C=C\C/C=C\C/C=C\C/C=C\CCCCCCCCCCCCCCCCCCCCC(=O)OC(CO)COC(=O)CCCCCCCCCCCCCCCCC. The number of allylic oxidation sites excluding steroid dienone is 12. The maximum atomic E-state index is 12.3. The van der Waals surface area contributed by atoms with Crippen molar-refractivity contribution in [1.29, 1.82) is 0 Å². The number of carbonyl (C=O) groups is 2. The minimum Gasteiger partial charge on any atom is -0.462 e. The molecule has 0 saturated carbocycles. The molecule has 0 aliphatic carbocycles. The number of esters is 2. The number of unbranched alkanes of at least 4 members (excludes halogenated alkanes) is 32. The summed E-state index contributed by atoms with van der Waals surface area (Å²) >= 11 is 0. The van der Waals surface area contributed by atoms with Gasteiger partial charge in [0.25, 0.3) is 0 Å². The topological polar surface area (TPSA) is 72.8 Å². The van der Waals surface area contributed by atoms with Gasteiger partial charge in [-0.3, -0.25) is 9.59 Å². The Kier molecular flexibility index (Phi) is 54.4. The van der Waals surface area contributed by atoms with Crippen molar-refractivity contribution in [3.05, 3.63) is 72.9 Å². The van der Waals surface area contributed by atoms with Crippen LogP contribution in [0.4, 0.5) is 0 Å². The van der Waals surface area contributed by atoms with E-state index < -0.39 is 6.10 Å². The smallest absolute Gasteiger partial charge is 0.306 e. The van der Waals surface area contributed by atoms with E-state index in [1.165, 1.54) is 180 Å². The summed E-state index contributed by atoms with van der Waals surface area (Å²) in [6, 6.07) is 0. The molecule has 0 aliphatic heterocycles. The van der Waals surface area contributed by atoms with Crippen LogP contribution in [0.15, 0.2) is 72.9 Å². The number of carbonyl (C=O) groups excluding carboxylic acids is 2. The van der Waals surface area contributed by atoms with Crippen LogP contribution in [-0.4, -0.2) is 36.4 Å². The number of rotatable bonds is 52. The quantitative estimate of drug-likeness (QED) is 0.0374. The van der Waals surface area contributed by atoms with Gasteiger partial charge in [-0.05, 0) is 64.2 Å². The molecular weight excluding hydrogens is 813 g/mol. The molecule has 0 aromatic carbocycles. The molecule has 0 radical (unpaired) electrons. The second-order valence-electron chi connectivity index (χ2n) is 19.0. The van der Waals surface area contributed by atoms with Crippen LogP contribution < -0.4 is 0 Å². The zero-order chi connectivity index (χ0) is 47.7. The van der Waals surface area contributed by atoms with E-state index in [9.17, 15) is 14.7 Å². The standard InChI is InChI=1S/C61H108O5/c1-3-5-7-9-11-13-15-17-19-20-21-22-23-24-25-26-27-28-29-30-31-32-33-34-35-36-37-38-39-40-42-44-46-48-50-52-54-56-61(64)66-59(57-62)58-65-60(63)55-53-51-49-47-45-43-41-18-16-14-12-10-8-6-4-2/h5,7,11,13,17,19,21-22,24-25,27-28,59,62H,3-4,6,8-10,12,14-16,18,20,23,26,29-58H2,1-2H3/b7-5-,13-11-,19-17-,22-21-,25-24-,28-27-. The van der Waals surface area contributed by atoms with Crippen molar-refractivity contribution in [2.75, 3.05) is 13.2 Å². The van der Waals surface area contributed by atoms with Gasteiger partial charge >= 0.3 is 11.9 Å². The Morgan fingerprint density at radius 3 is 0.985 bits per heavy atom. The first-order valence-electron chi connectivity index (χ1n) is 28.5. The fourth-order valence-electron chi connectivity index (χ4n) is 8.27. The van der Waals surface area contributed by atoms with Crippen molar-refractivity contribution in [1.82, 2.24) is 0 Å². The third-order valence-corrected chi connectivity index (χ3v) is 12.5. The fraction of sp³-hybridized carbons (Fsp3) is 0.770. The van der Waals surface area contributed by atoms with E-state index in [0.29, 0.717) is 12.8 Å². The van der Waals surface area contributed by atoms with Gasteiger partial charge < -0.3 is 14.6 Å². The van der Waals surface area contributed by atoms with Crippen molar-refractivity contribution in [3.63, 3.8) is 0 Å². The Bertz CT molecular complexity index is 1180. The van der Waals surface area contributed by atoms with Crippen LogP contribution >= 0.6 is 0 Å². The summed E-state index contributed by atoms with van der Waals surface area (Å²) < 4.78 is 10.7. The molecule has 0 fully saturated rings. The van der Waals surface area contributed by atoms with Gasteiger partial charge in [0, 0.05) is 12.8 Å². The summed E-state index contributed by atoms with van der Waals surface area (Å²) in [4.78, 5) is 24.5. The molecule has 1 N–H and O–H groups in total. The third kappa shape index (κ3) is 54.0. The van der Waals surface area contributed by atoms with Gasteiger partial charge in [-0.2, -0.15) is 0 Å². The van der Waals surface area contributed by atoms with Gasteiger partial charge in [-0.1, -0.05) is 279 Å². The van der Waals surface area contributed by atoms with E-state index >= 15 is 0 Å². The molecule has 382 valence electrons. The van der Waals surface area contributed by atoms with Crippen molar-refractivity contribution < 1.29 is 24.2 Å². The van der Waals surface area contributed by atoms with Crippen molar-refractivity contribution in [2.45, 2.75) is 290 Å². The van der Waals surface area contributed by atoms with Crippen LogP contribution in [0.1, 0.15) is 284 Å². The molecule has 0 spiro atoms. The van der Waals surface area contributed by atoms with Crippen LogP contribution in [0.25, 0.3) is 0 Å². The first kappa shape index (κ1) is 63.3. The highest BCUT2D eigenvalue weighted by Gasteiger charge is 2.16. The van der Waals surface area contributed by atoms with Gasteiger partial charge in [-0.25, -0.2) is 0 Å². The number of aliphatic hydroxyl groups is 1.